The van der Waals surface area contributed by atoms with Gasteiger partial charge in [-0.1, -0.05) is 24.3 Å². The number of rotatable bonds is 7. The summed E-state index contributed by atoms with van der Waals surface area (Å²) >= 11 is 0. The molecule has 1 amide bonds. The summed E-state index contributed by atoms with van der Waals surface area (Å²) in [5.74, 6) is -0.258. The molecule has 0 saturated heterocycles. The van der Waals surface area contributed by atoms with Crippen LogP contribution in [0.4, 0.5) is 5.69 Å². The van der Waals surface area contributed by atoms with Crippen molar-refractivity contribution < 1.29 is 13.2 Å². The molecule has 0 heterocycles. The Bertz CT molecular complexity index is 555. The van der Waals surface area contributed by atoms with Crippen LogP contribution < -0.4 is 4.90 Å². The van der Waals surface area contributed by atoms with Crippen molar-refractivity contribution in [3.05, 3.63) is 43.0 Å². The average molecular weight is 296 g/mol. The van der Waals surface area contributed by atoms with Gasteiger partial charge in [0.2, 0.25) is 15.9 Å². The van der Waals surface area contributed by atoms with E-state index in [4.69, 9.17) is 0 Å². The summed E-state index contributed by atoms with van der Waals surface area (Å²) in [4.78, 5) is 13.8. The Balaban J connectivity index is 2.89. The van der Waals surface area contributed by atoms with E-state index in [0.29, 0.717) is 6.54 Å². The molecule has 0 fully saturated rings. The molecule has 0 spiro atoms. The van der Waals surface area contributed by atoms with Crippen molar-refractivity contribution in [3.8, 4) is 0 Å². The molecule has 0 N–H and O–H groups in total. The summed E-state index contributed by atoms with van der Waals surface area (Å²) in [6.45, 7) is 5.78. The zero-order valence-electron chi connectivity index (χ0n) is 11.8. The Morgan fingerprint density at radius 3 is 2.35 bits per heavy atom. The van der Waals surface area contributed by atoms with Gasteiger partial charge in [0, 0.05) is 18.8 Å². The maximum Gasteiger partial charge on any atom is 0.242 e. The number of nitrogens with zero attached hydrogens (tertiary/aromatic N) is 2. The number of carbonyl (C=O) groups excluding carboxylic acids is 1. The zero-order valence-corrected chi connectivity index (χ0v) is 12.6. The number of sulfonamides is 1. The first-order valence-corrected chi connectivity index (χ1v) is 8.16. The van der Waals surface area contributed by atoms with Crippen molar-refractivity contribution in [1.82, 2.24) is 4.31 Å². The van der Waals surface area contributed by atoms with Crippen LogP contribution >= 0.6 is 0 Å². The first-order chi connectivity index (χ1) is 9.40. The summed E-state index contributed by atoms with van der Waals surface area (Å²) in [5, 5.41) is 0. The molecule has 0 atom stereocenters. The summed E-state index contributed by atoms with van der Waals surface area (Å²) in [6, 6.07) is 9.18. The predicted molar refractivity (Wildman–Crippen MR) is 81.1 cm³/mol. The maximum atomic E-state index is 12.3. The molecular formula is C14H20N2O3S. The molecule has 0 aliphatic carbocycles. The number of carbonyl (C=O) groups is 1. The molecule has 110 valence electrons. The molecule has 0 bridgehead atoms. The van der Waals surface area contributed by atoms with Gasteiger partial charge in [-0.05, 0) is 19.1 Å². The van der Waals surface area contributed by atoms with E-state index in [0.717, 1.165) is 16.2 Å². The minimum atomic E-state index is -3.43. The Morgan fingerprint density at radius 1 is 1.30 bits per heavy atom. The standard InChI is InChI=1S/C14H20N2O3S/c1-4-11-15(20(3,18)19)12-14(17)16(5-2)13-9-7-6-8-10-13/h4,6-10H,1,5,11-12H2,2-3H3. The fraction of sp³-hybridized carbons (Fsp3) is 0.357. The van der Waals surface area contributed by atoms with E-state index in [1.165, 1.54) is 6.08 Å². The largest absolute Gasteiger partial charge is 0.312 e. The van der Waals surface area contributed by atoms with Crippen LogP contribution in [0, 0.1) is 0 Å². The highest BCUT2D eigenvalue weighted by Crippen LogP contribution is 2.13. The second-order valence-corrected chi connectivity index (χ2v) is 6.30. The third-order valence-electron chi connectivity index (χ3n) is 2.80. The van der Waals surface area contributed by atoms with Crippen molar-refractivity contribution in [3.63, 3.8) is 0 Å². The zero-order chi connectivity index (χ0) is 15.2. The van der Waals surface area contributed by atoms with Gasteiger partial charge in [0.15, 0.2) is 0 Å². The number of para-hydroxylation sites is 1. The van der Waals surface area contributed by atoms with Gasteiger partial charge in [-0.2, -0.15) is 4.31 Å². The second-order valence-electron chi connectivity index (χ2n) is 4.32. The van der Waals surface area contributed by atoms with Crippen molar-refractivity contribution >= 4 is 21.6 Å². The molecule has 0 aliphatic heterocycles. The number of likely N-dealkylation sites (N-methyl/N-ethyl adjacent to an activating group) is 1. The van der Waals surface area contributed by atoms with E-state index >= 15 is 0 Å². The van der Waals surface area contributed by atoms with Gasteiger partial charge in [-0.3, -0.25) is 4.79 Å². The van der Waals surface area contributed by atoms with Crippen LogP contribution in [0.15, 0.2) is 43.0 Å². The summed E-state index contributed by atoms with van der Waals surface area (Å²) in [6.07, 6.45) is 2.55. The Kier molecular flexibility index (Phi) is 5.91. The minimum absolute atomic E-state index is 0.122. The number of amides is 1. The number of benzene rings is 1. The second kappa shape index (κ2) is 7.21. The fourth-order valence-electron chi connectivity index (χ4n) is 1.81. The van der Waals surface area contributed by atoms with Gasteiger partial charge in [-0.25, -0.2) is 8.42 Å². The van der Waals surface area contributed by atoms with E-state index in [1.807, 2.05) is 37.3 Å². The van der Waals surface area contributed by atoms with Crippen LogP contribution in [0.1, 0.15) is 6.92 Å². The van der Waals surface area contributed by atoms with Crippen LogP contribution in [-0.4, -0.2) is 44.5 Å². The van der Waals surface area contributed by atoms with Crippen LogP contribution in [0.2, 0.25) is 0 Å². The van der Waals surface area contributed by atoms with Crippen molar-refractivity contribution in [2.24, 2.45) is 0 Å². The SMILES string of the molecule is C=CCN(CC(=O)N(CC)c1ccccc1)S(C)(=O)=O. The van der Waals surface area contributed by atoms with E-state index < -0.39 is 10.0 Å². The lowest BCUT2D eigenvalue weighted by molar-refractivity contribution is -0.118. The molecule has 0 radical (unpaired) electrons. The van der Waals surface area contributed by atoms with Gasteiger partial charge in [0.05, 0.1) is 12.8 Å². The molecule has 20 heavy (non-hydrogen) atoms. The van der Waals surface area contributed by atoms with Gasteiger partial charge in [0.25, 0.3) is 0 Å². The Hall–Kier alpha value is -1.66. The lowest BCUT2D eigenvalue weighted by Crippen LogP contribution is -2.42. The van der Waals surface area contributed by atoms with E-state index in [1.54, 1.807) is 4.90 Å². The molecule has 1 rings (SSSR count). The van der Waals surface area contributed by atoms with E-state index in [9.17, 15) is 13.2 Å². The highest BCUT2D eigenvalue weighted by molar-refractivity contribution is 7.88. The average Bonchev–Trinajstić information content (AvgIpc) is 2.39. The summed E-state index contributed by atoms with van der Waals surface area (Å²) < 4.78 is 24.3. The molecule has 6 heteroatoms. The highest BCUT2D eigenvalue weighted by atomic mass is 32.2. The Labute approximate surface area is 120 Å². The molecule has 1 aromatic carbocycles. The smallest absolute Gasteiger partial charge is 0.242 e. The molecule has 1 aromatic rings. The predicted octanol–water partition coefficient (Wildman–Crippen LogP) is 1.49. The van der Waals surface area contributed by atoms with E-state index in [2.05, 4.69) is 6.58 Å². The van der Waals surface area contributed by atoms with Gasteiger partial charge >= 0.3 is 0 Å². The van der Waals surface area contributed by atoms with Crippen molar-refractivity contribution in [2.45, 2.75) is 6.92 Å². The van der Waals surface area contributed by atoms with Crippen molar-refractivity contribution in [1.29, 1.82) is 0 Å². The minimum Gasteiger partial charge on any atom is -0.312 e. The Morgan fingerprint density at radius 2 is 1.90 bits per heavy atom. The first kappa shape index (κ1) is 16.4. The van der Waals surface area contributed by atoms with Gasteiger partial charge in [-0.15, -0.1) is 6.58 Å². The molecule has 0 unspecified atom stereocenters. The summed E-state index contributed by atoms with van der Waals surface area (Å²) in [7, 11) is -3.43. The van der Waals surface area contributed by atoms with Crippen LogP contribution in [0.25, 0.3) is 0 Å². The number of anilines is 1. The molecule has 0 aliphatic rings. The monoisotopic (exact) mass is 296 g/mol. The topological polar surface area (TPSA) is 57.7 Å². The van der Waals surface area contributed by atoms with Gasteiger partial charge < -0.3 is 4.90 Å². The third kappa shape index (κ3) is 4.47. The van der Waals surface area contributed by atoms with Crippen molar-refractivity contribution in [2.75, 3.05) is 30.8 Å². The molecule has 0 aromatic heterocycles. The lowest BCUT2D eigenvalue weighted by Gasteiger charge is -2.24. The highest BCUT2D eigenvalue weighted by Gasteiger charge is 2.22. The fourth-order valence-corrected chi connectivity index (χ4v) is 2.53. The quantitative estimate of drug-likeness (QED) is 0.716. The van der Waals surface area contributed by atoms with Crippen LogP contribution in [0.5, 0.6) is 0 Å². The molecule has 0 saturated carbocycles. The normalized spacial score (nSPS) is 11.3. The molecular weight excluding hydrogens is 276 g/mol. The van der Waals surface area contributed by atoms with E-state index in [-0.39, 0.29) is 19.0 Å². The van der Waals surface area contributed by atoms with Crippen LogP contribution in [-0.2, 0) is 14.8 Å². The third-order valence-corrected chi connectivity index (χ3v) is 4.01. The lowest BCUT2D eigenvalue weighted by atomic mass is 10.3. The number of hydrogen-bond acceptors (Lipinski definition) is 3. The molecule has 5 nitrogen and oxygen atoms in total. The van der Waals surface area contributed by atoms with Gasteiger partial charge in [0.1, 0.15) is 0 Å². The van der Waals surface area contributed by atoms with Crippen LogP contribution in [0.3, 0.4) is 0 Å². The first-order valence-electron chi connectivity index (χ1n) is 6.31. The summed E-state index contributed by atoms with van der Waals surface area (Å²) in [5.41, 5.74) is 0.757. The number of hydrogen-bond donors (Lipinski definition) is 0. The maximum absolute atomic E-state index is 12.3.